The number of sulfone groups is 1. The lowest BCUT2D eigenvalue weighted by molar-refractivity contribution is 0.544. The van der Waals surface area contributed by atoms with Gasteiger partial charge in [0.05, 0.1) is 5.75 Å². The van der Waals surface area contributed by atoms with Crippen molar-refractivity contribution in [2.45, 2.75) is 31.1 Å². The maximum atomic E-state index is 11.6. The Hall–Kier alpha value is -0.350. The summed E-state index contributed by atoms with van der Waals surface area (Å²) in [5.41, 5.74) is 0. The summed E-state index contributed by atoms with van der Waals surface area (Å²) in [5, 5.41) is 3.71. The van der Waals surface area contributed by atoms with Crippen LogP contribution in [0.25, 0.3) is 0 Å². The molecule has 3 nitrogen and oxygen atoms in total. The minimum absolute atomic E-state index is 0.0567. The highest BCUT2D eigenvalue weighted by Crippen LogP contribution is 2.15. The van der Waals surface area contributed by atoms with Crippen molar-refractivity contribution in [3.63, 3.8) is 0 Å². The van der Waals surface area contributed by atoms with Crippen molar-refractivity contribution in [3.05, 3.63) is 12.7 Å². The molecule has 1 atom stereocenters. The van der Waals surface area contributed by atoms with E-state index in [2.05, 4.69) is 11.9 Å². The minimum atomic E-state index is -3.04. The summed E-state index contributed by atoms with van der Waals surface area (Å²) in [6.45, 7) is 4.14. The minimum Gasteiger partial charge on any atom is -0.227 e. The molecule has 1 fully saturated rings. The molecular weight excluding hydrogens is 186 g/mol. The Labute approximate surface area is 80.1 Å². The molecule has 4 heteroatoms. The molecule has 0 N–H and O–H groups in total. The van der Waals surface area contributed by atoms with E-state index in [1.54, 1.807) is 0 Å². The van der Waals surface area contributed by atoms with Crippen LogP contribution in [-0.4, -0.2) is 26.1 Å². The van der Waals surface area contributed by atoms with Crippen LogP contribution < -0.4 is 5.32 Å². The fraction of sp³-hybridized carbons (Fsp3) is 0.778. The summed E-state index contributed by atoms with van der Waals surface area (Å²) < 4.78 is 23.1. The van der Waals surface area contributed by atoms with E-state index in [9.17, 15) is 8.42 Å². The van der Waals surface area contributed by atoms with E-state index in [4.69, 9.17) is 0 Å². The van der Waals surface area contributed by atoms with E-state index in [0.717, 1.165) is 19.3 Å². The van der Waals surface area contributed by atoms with Gasteiger partial charge in [0.25, 0.3) is 0 Å². The van der Waals surface area contributed by atoms with Crippen molar-refractivity contribution in [1.29, 1.82) is 0 Å². The second kappa shape index (κ2) is 4.77. The van der Waals surface area contributed by atoms with Crippen molar-refractivity contribution < 1.29 is 8.42 Å². The summed E-state index contributed by atoms with van der Waals surface area (Å²) in [5.74, 6) is 0.0567. The van der Waals surface area contributed by atoms with Gasteiger partial charge in [0, 0.05) is 6.54 Å². The zero-order chi connectivity index (χ0) is 9.73. The molecule has 1 saturated heterocycles. The number of nitrogens with zero attached hydrogens (tertiary/aromatic N) is 1. The van der Waals surface area contributed by atoms with Crippen LogP contribution in [0.5, 0.6) is 0 Å². The average Bonchev–Trinajstić information content (AvgIpc) is 2.31. The summed E-state index contributed by atoms with van der Waals surface area (Å²) in [4.78, 5) is 0. The van der Waals surface area contributed by atoms with E-state index in [1.807, 2.05) is 0 Å². The van der Waals surface area contributed by atoms with E-state index < -0.39 is 15.2 Å². The van der Waals surface area contributed by atoms with Gasteiger partial charge in [-0.25, -0.2) is 13.7 Å². The summed E-state index contributed by atoms with van der Waals surface area (Å²) in [6, 6.07) is 0. The Bertz CT molecular complexity index is 251. The van der Waals surface area contributed by atoms with Crippen LogP contribution in [0.3, 0.4) is 0 Å². The number of hydrogen-bond acceptors (Lipinski definition) is 2. The predicted molar refractivity (Wildman–Crippen MR) is 53.2 cm³/mol. The monoisotopic (exact) mass is 202 g/mol. The van der Waals surface area contributed by atoms with Gasteiger partial charge in [-0.1, -0.05) is 18.9 Å². The molecule has 1 aliphatic heterocycles. The third-order valence-electron chi connectivity index (χ3n) is 2.21. The van der Waals surface area contributed by atoms with Crippen LogP contribution >= 0.6 is 0 Å². The Balaban J connectivity index is 2.62. The molecule has 0 aromatic carbocycles. The second-order valence-electron chi connectivity index (χ2n) is 3.33. The Morgan fingerprint density at radius 3 is 2.85 bits per heavy atom. The molecule has 1 unspecified atom stereocenters. The Morgan fingerprint density at radius 2 is 2.15 bits per heavy atom. The maximum Gasteiger partial charge on any atom is 0.171 e. The molecule has 1 aliphatic rings. The van der Waals surface area contributed by atoms with Gasteiger partial charge in [-0.2, -0.15) is 0 Å². The molecule has 75 valence electrons. The second-order valence-corrected chi connectivity index (χ2v) is 5.53. The summed E-state index contributed by atoms with van der Waals surface area (Å²) >= 11 is 0. The molecule has 1 rings (SSSR count). The standard InChI is InChI=1S/C9H16NO2S/c1-2-8-13(11,12)9-6-4-3-5-7-10-9/h2,9H,1,3-8H2. The van der Waals surface area contributed by atoms with Crippen LogP contribution in [0.2, 0.25) is 0 Å². The Morgan fingerprint density at radius 1 is 1.38 bits per heavy atom. The molecule has 0 bridgehead atoms. The van der Waals surface area contributed by atoms with E-state index >= 15 is 0 Å². The van der Waals surface area contributed by atoms with Gasteiger partial charge < -0.3 is 0 Å². The molecule has 0 amide bonds. The first kappa shape index (κ1) is 10.7. The highest BCUT2D eigenvalue weighted by molar-refractivity contribution is 7.92. The van der Waals surface area contributed by atoms with Gasteiger partial charge in [0.1, 0.15) is 5.37 Å². The lowest BCUT2D eigenvalue weighted by Crippen LogP contribution is -2.32. The van der Waals surface area contributed by atoms with Crippen LogP contribution in [0.15, 0.2) is 12.7 Å². The largest absolute Gasteiger partial charge is 0.227 e. The number of hydrogen-bond donors (Lipinski definition) is 0. The molecule has 1 heterocycles. The van der Waals surface area contributed by atoms with Crippen LogP contribution in [0, 0.1) is 0 Å². The van der Waals surface area contributed by atoms with Gasteiger partial charge in [-0.15, -0.1) is 6.58 Å². The fourth-order valence-electron chi connectivity index (χ4n) is 1.50. The molecule has 0 spiro atoms. The Kier molecular flexibility index (Phi) is 3.93. The maximum absolute atomic E-state index is 11.6. The highest BCUT2D eigenvalue weighted by atomic mass is 32.2. The zero-order valence-corrected chi connectivity index (χ0v) is 8.59. The van der Waals surface area contributed by atoms with Gasteiger partial charge in [-0.3, -0.25) is 0 Å². The molecule has 0 aromatic rings. The average molecular weight is 202 g/mol. The zero-order valence-electron chi connectivity index (χ0n) is 7.78. The molecule has 13 heavy (non-hydrogen) atoms. The molecule has 1 radical (unpaired) electrons. The van der Waals surface area contributed by atoms with Crippen molar-refractivity contribution in [2.75, 3.05) is 12.3 Å². The summed E-state index contributed by atoms with van der Waals surface area (Å²) in [6.07, 6.45) is 5.24. The topological polar surface area (TPSA) is 48.2 Å². The van der Waals surface area contributed by atoms with Gasteiger partial charge in [-0.05, 0) is 12.8 Å². The van der Waals surface area contributed by atoms with E-state index in [-0.39, 0.29) is 5.75 Å². The van der Waals surface area contributed by atoms with Crippen LogP contribution in [-0.2, 0) is 9.84 Å². The van der Waals surface area contributed by atoms with Gasteiger partial charge in [0.15, 0.2) is 9.84 Å². The first-order valence-corrected chi connectivity index (χ1v) is 6.37. The quantitative estimate of drug-likeness (QED) is 0.643. The van der Waals surface area contributed by atoms with Crippen molar-refractivity contribution >= 4 is 9.84 Å². The third-order valence-corrected chi connectivity index (χ3v) is 4.12. The van der Waals surface area contributed by atoms with E-state index in [0.29, 0.717) is 13.0 Å². The van der Waals surface area contributed by atoms with Crippen molar-refractivity contribution in [2.24, 2.45) is 0 Å². The summed E-state index contributed by atoms with van der Waals surface area (Å²) in [7, 11) is -3.04. The predicted octanol–water partition coefficient (Wildman–Crippen LogP) is 1.09. The molecule has 0 aliphatic carbocycles. The van der Waals surface area contributed by atoms with Gasteiger partial charge in [0.2, 0.25) is 0 Å². The van der Waals surface area contributed by atoms with Crippen molar-refractivity contribution in [3.8, 4) is 0 Å². The smallest absolute Gasteiger partial charge is 0.171 e. The van der Waals surface area contributed by atoms with Gasteiger partial charge >= 0.3 is 0 Å². The first-order chi connectivity index (χ1) is 6.17. The lowest BCUT2D eigenvalue weighted by atomic mass is 10.2. The van der Waals surface area contributed by atoms with E-state index in [1.165, 1.54) is 6.08 Å². The SMILES string of the molecule is C=CCS(=O)(=O)C1CCCCC[N]1. The fourth-order valence-corrected chi connectivity index (χ4v) is 2.91. The normalized spacial score (nSPS) is 25.1. The molecular formula is C9H16NO2S. The highest BCUT2D eigenvalue weighted by Gasteiger charge is 2.25. The van der Waals surface area contributed by atoms with Crippen molar-refractivity contribution in [1.82, 2.24) is 5.32 Å². The van der Waals surface area contributed by atoms with Crippen LogP contribution in [0.4, 0.5) is 0 Å². The number of rotatable bonds is 3. The van der Waals surface area contributed by atoms with Crippen LogP contribution in [0.1, 0.15) is 25.7 Å². The third kappa shape index (κ3) is 3.12. The molecule has 0 aromatic heterocycles. The molecule has 0 saturated carbocycles. The first-order valence-electron chi connectivity index (χ1n) is 4.66. The lowest BCUT2D eigenvalue weighted by Gasteiger charge is -2.13.